The Hall–Kier alpha value is -1.10. The van der Waals surface area contributed by atoms with Crippen LogP contribution < -0.4 is 11.1 Å². The molecule has 17 heavy (non-hydrogen) atoms. The van der Waals surface area contributed by atoms with Crippen molar-refractivity contribution in [3.05, 3.63) is 0 Å². The average molecular weight is 241 g/mol. The molecule has 1 fully saturated rings. The molecule has 0 unspecified atom stereocenters. The van der Waals surface area contributed by atoms with E-state index in [1.807, 2.05) is 4.90 Å². The van der Waals surface area contributed by atoms with Crippen LogP contribution in [-0.4, -0.2) is 42.4 Å². The number of likely N-dealkylation sites (tertiary alicyclic amines) is 1. The summed E-state index contributed by atoms with van der Waals surface area (Å²) in [7, 11) is 0. The first-order chi connectivity index (χ1) is 8.11. The SMILES string of the molecule is C[C@H](N)C(=O)NCCC(=O)N1CCCCCC1. The highest BCUT2D eigenvalue weighted by molar-refractivity contribution is 5.82. The van der Waals surface area contributed by atoms with Gasteiger partial charge in [-0.15, -0.1) is 0 Å². The van der Waals surface area contributed by atoms with Crippen molar-refractivity contribution in [2.24, 2.45) is 5.73 Å². The first-order valence-corrected chi connectivity index (χ1v) is 6.42. The lowest BCUT2D eigenvalue weighted by Crippen LogP contribution is -2.40. The average Bonchev–Trinajstić information content (AvgIpc) is 2.57. The van der Waals surface area contributed by atoms with Crippen LogP contribution in [0.1, 0.15) is 39.0 Å². The molecule has 5 heteroatoms. The Kier molecular flexibility index (Phi) is 5.97. The molecule has 2 amide bonds. The van der Waals surface area contributed by atoms with E-state index >= 15 is 0 Å². The van der Waals surface area contributed by atoms with E-state index in [4.69, 9.17) is 5.73 Å². The summed E-state index contributed by atoms with van der Waals surface area (Å²) < 4.78 is 0. The van der Waals surface area contributed by atoms with Crippen LogP contribution in [0.4, 0.5) is 0 Å². The molecule has 0 radical (unpaired) electrons. The summed E-state index contributed by atoms with van der Waals surface area (Å²) >= 11 is 0. The molecule has 0 saturated carbocycles. The van der Waals surface area contributed by atoms with Crippen LogP contribution in [0.15, 0.2) is 0 Å². The van der Waals surface area contributed by atoms with Crippen LogP contribution in [0.5, 0.6) is 0 Å². The van der Waals surface area contributed by atoms with E-state index in [1.165, 1.54) is 12.8 Å². The molecule has 98 valence electrons. The zero-order chi connectivity index (χ0) is 12.7. The number of nitrogens with two attached hydrogens (primary N) is 1. The van der Waals surface area contributed by atoms with E-state index in [0.717, 1.165) is 25.9 Å². The quantitative estimate of drug-likeness (QED) is 0.740. The third-order valence-electron chi connectivity index (χ3n) is 3.01. The summed E-state index contributed by atoms with van der Waals surface area (Å²) in [5, 5.41) is 2.66. The van der Waals surface area contributed by atoms with Gasteiger partial charge in [0.1, 0.15) is 0 Å². The summed E-state index contributed by atoms with van der Waals surface area (Å²) in [5.41, 5.74) is 5.41. The molecule has 3 N–H and O–H groups in total. The van der Waals surface area contributed by atoms with Gasteiger partial charge in [-0.25, -0.2) is 0 Å². The Morgan fingerprint density at radius 2 is 1.82 bits per heavy atom. The Balaban J connectivity index is 2.21. The highest BCUT2D eigenvalue weighted by atomic mass is 16.2. The maximum absolute atomic E-state index is 11.8. The number of nitrogens with one attached hydrogen (secondary N) is 1. The van der Waals surface area contributed by atoms with Crippen LogP contribution in [0.3, 0.4) is 0 Å². The number of carbonyl (C=O) groups excluding carboxylic acids is 2. The minimum absolute atomic E-state index is 0.136. The molecule has 1 aliphatic rings. The second-order valence-electron chi connectivity index (χ2n) is 4.62. The Morgan fingerprint density at radius 1 is 1.24 bits per heavy atom. The molecule has 0 aliphatic carbocycles. The minimum atomic E-state index is -0.511. The summed E-state index contributed by atoms with van der Waals surface area (Å²) in [5.74, 6) is -0.0643. The first-order valence-electron chi connectivity index (χ1n) is 6.42. The third kappa shape index (κ3) is 5.17. The topological polar surface area (TPSA) is 75.4 Å². The molecule has 0 aromatic rings. The summed E-state index contributed by atoms with van der Waals surface area (Å²) in [6.45, 7) is 3.74. The molecule has 1 saturated heterocycles. The molecule has 5 nitrogen and oxygen atoms in total. The minimum Gasteiger partial charge on any atom is -0.354 e. The van der Waals surface area contributed by atoms with E-state index in [1.54, 1.807) is 6.92 Å². The van der Waals surface area contributed by atoms with Gasteiger partial charge in [-0.1, -0.05) is 12.8 Å². The number of carbonyl (C=O) groups is 2. The molecule has 1 heterocycles. The van der Waals surface area contributed by atoms with Crippen molar-refractivity contribution >= 4 is 11.8 Å². The fourth-order valence-corrected chi connectivity index (χ4v) is 1.93. The maximum Gasteiger partial charge on any atom is 0.236 e. The van der Waals surface area contributed by atoms with Gasteiger partial charge in [0.25, 0.3) is 0 Å². The first kappa shape index (κ1) is 14.0. The van der Waals surface area contributed by atoms with E-state index in [9.17, 15) is 9.59 Å². The lowest BCUT2D eigenvalue weighted by Gasteiger charge is -2.20. The number of rotatable bonds is 4. The van der Waals surface area contributed by atoms with E-state index in [0.29, 0.717) is 13.0 Å². The number of amides is 2. The van der Waals surface area contributed by atoms with Crippen molar-refractivity contribution in [3.8, 4) is 0 Å². The van der Waals surface area contributed by atoms with Crippen molar-refractivity contribution in [1.82, 2.24) is 10.2 Å². The largest absolute Gasteiger partial charge is 0.354 e. The fourth-order valence-electron chi connectivity index (χ4n) is 1.93. The predicted molar refractivity (Wildman–Crippen MR) is 66.3 cm³/mol. The van der Waals surface area contributed by atoms with E-state index in [-0.39, 0.29) is 11.8 Å². The Bertz CT molecular complexity index is 258. The number of hydrogen-bond donors (Lipinski definition) is 2. The van der Waals surface area contributed by atoms with Gasteiger partial charge in [-0.05, 0) is 19.8 Å². The molecule has 0 aromatic heterocycles. The van der Waals surface area contributed by atoms with Crippen LogP contribution >= 0.6 is 0 Å². The normalized spacial score (nSPS) is 18.4. The van der Waals surface area contributed by atoms with Gasteiger partial charge in [-0.3, -0.25) is 9.59 Å². The molecule has 0 bridgehead atoms. The number of nitrogens with zero attached hydrogens (tertiary/aromatic N) is 1. The van der Waals surface area contributed by atoms with Crippen LogP contribution in [0.25, 0.3) is 0 Å². The zero-order valence-corrected chi connectivity index (χ0v) is 10.6. The molecule has 0 spiro atoms. The summed E-state index contributed by atoms with van der Waals surface area (Å²) in [4.78, 5) is 24.9. The summed E-state index contributed by atoms with van der Waals surface area (Å²) in [6, 6.07) is -0.511. The van der Waals surface area contributed by atoms with Crippen molar-refractivity contribution in [3.63, 3.8) is 0 Å². The predicted octanol–water partition coefficient (Wildman–Crippen LogP) is 0.242. The highest BCUT2D eigenvalue weighted by Gasteiger charge is 2.15. The lowest BCUT2D eigenvalue weighted by atomic mass is 10.2. The molecule has 0 aromatic carbocycles. The highest BCUT2D eigenvalue weighted by Crippen LogP contribution is 2.10. The van der Waals surface area contributed by atoms with Gasteiger partial charge < -0.3 is 16.0 Å². The Morgan fingerprint density at radius 3 is 2.35 bits per heavy atom. The standard InChI is InChI=1S/C12H23N3O2/c1-10(13)12(17)14-7-6-11(16)15-8-4-2-3-5-9-15/h10H,2-9,13H2,1H3,(H,14,17)/t10-/m0/s1. The van der Waals surface area contributed by atoms with E-state index in [2.05, 4.69) is 5.32 Å². The van der Waals surface area contributed by atoms with Crippen LogP contribution in [0, 0.1) is 0 Å². The molecule has 1 aliphatic heterocycles. The third-order valence-corrected chi connectivity index (χ3v) is 3.01. The van der Waals surface area contributed by atoms with Crippen LogP contribution in [0.2, 0.25) is 0 Å². The second-order valence-corrected chi connectivity index (χ2v) is 4.62. The van der Waals surface area contributed by atoms with E-state index < -0.39 is 6.04 Å². The molecule has 1 atom stereocenters. The Labute approximate surface area is 103 Å². The monoisotopic (exact) mass is 241 g/mol. The van der Waals surface area contributed by atoms with Gasteiger partial charge in [-0.2, -0.15) is 0 Å². The van der Waals surface area contributed by atoms with Crippen molar-refractivity contribution in [1.29, 1.82) is 0 Å². The molecular formula is C12H23N3O2. The molecular weight excluding hydrogens is 218 g/mol. The van der Waals surface area contributed by atoms with Gasteiger partial charge in [0.2, 0.25) is 11.8 Å². The van der Waals surface area contributed by atoms with Crippen molar-refractivity contribution in [2.45, 2.75) is 45.1 Å². The summed E-state index contributed by atoms with van der Waals surface area (Å²) in [6.07, 6.45) is 4.99. The maximum atomic E-state index is 11.8. The zero-order valence-electron chi connectivity index (χ0n) is 10.6. The second kappa shape index (κ2) is 7.27. The number of hydrogen-bond acceptors (Lipinski definition) is 3. The smallest absolute Gasteiger partial charge is 0.236 e. The van der Waals surface area contributed by atoms with Crippen molar-refractivity contribution in [2.75, 3.05) is 19.6 Å². The fraction of sp³-hybridized carbons (Fsp3) is 0.833. The van der Waals surface area contributed by atoms with Gasteiger partial charge >= 0.3 is 0 Å². The van der Waals surface area contributed by atoms with Gasteiger partial charge in [0, 0.05) is 26.1 Å². The van der Waals surface area contributed by atoms with Gasteiger partial charge in [0.05, 0.1) is 6.04 Å². The molecule has 1 rings (SSSR count). The van der Waals surface area contributed by atoms with Crippen molar-refractivity contribution < 1.29 is 9.59 Å². The van der Waals surface area contributed by atoms with Gasteiger partial charge in [0.15, 0.2) is 0 Å². The lowest BCUT2D eigenvalue weighted by molar-refractivity contribution is -0.131. The van der Waals surface area contributed by atoms with Crippen LogP contribution in [-0.2, 0) is 9.59 Å².